The van der Waals surface area contributed by atoms with Crippen LogP contribution in [0.3, 0.4) is 0 Å². The van der Waals surface area contributed by atoms with E-state index in [2.05, 4.69) is 281 Å². The molecule has 4 aromatic carbocycles. The number of nitrogens with one attached hydrogen (secondary N) is 2. The molecule has 0 saturated carbocycles. The maximum atomic E-state index is 5.29. The number of allylic oxidation sites excluding steroid dienone is 1. The van der Waals surface area contributed by atoms with Crippen LogP contribution in [0.25, 0.3) is 131 Å². The molecule has 8 nitrogen and oxygen atoms in total. The SMILES string of the molecule is C1=Cc2cc3c(-c4ccccc4)c(-c4ccccc4)c(c(-c4ccccc4)c4nc(cc5ccc(cc1n2)[nH]5)C=C4)n3-c1ccccc1.CCC1=Cc2cc3nc(cc4c(CC)c(CC)c(c(CC)c5[nH]c(c(CC)c1n2)c(CC)c5CC)n4CC)C=C3.[Pd].[Zn]. The number of rotatable bonds is 12. The van der Waals surface area contributed by atoms with Crippen LogP contribution < -0.4 is 0 Å². The topological polar surface area (TPSA) is 93.0 Å². The van der Waals surface area contributed by atoms with Crippen LogP contribution in [0, 0.1) is 0 Å². The molecule has 0 radical (unpaired) electrons. The van der Waals surface area contributed by atoms with Gasteiger partial charge >= 0.3 is 0 Å². The van der Waals surface area contributed by atoms with Crippen LogP contribution >= 0.6 is 0 Å². The number of benzene rings is 4. The van der Waals surface area contributed by atoms with Crippen molar-refractivity contribution >= 4 is 92.2 Å². The molecular formula is C80H76N8PdZn. The quantitative estimate of drug-likeness (QED) is 0.119. The third-order valence-electron chi connectivity index (χ3n) is 17.7. The second-order valence-corrected chi connectivity index (χ2v) is 22.8. The fraction of sp³-hybridized carbons (Fsp3) is 0.200. The van der Waals surface area contributed by atoms with Crippen LogP contribution in [0.2, 0.25) is 0 Å². The first-order chi connectivity index (χ1) is 43.3. The van der Waals surface area contributed by atoms with Gasteiger partial charge < -0.3 is 19.1 Å². The Bertz CT molecular complexity index is 4810. The van der Waals surface area contributed by atoms with E-state index in [1.54, 1.807) is 0 Å². The first kappa shape index (κ1) is 63.0. The zero-order chi connectivity index (χ0) is 60.4. The molecule has 448 valence electrons. The molecule has 6 aromatic heterocycles. The number of fused-ring (bicyclic) bond motifs is 16. The molecule has 0 aliphatic carbocycles. The van der Waals surface area contributed by atoms with Crippen molar-refractivity contribution in [3.05, 3.63) is 243 Å². The molecule has 4 aliphatic rings. The molecule has 0 amide bonds. The fourth-order valence-electron chi connectivity index (χ4n) is 13.9. The van der Waals surface area contributed by atoms with Gasteiger partial charge in [-0.05, 0) is 199 Å². The Labute approximate surface area is 555 Å². The fourth-order valence-corrected chi connectivity index (χ4v) is 13.9. The number of H-pyrrole nitrogens is 2. The number of para-hydroxylation sites is 1. The molecule has 2 N–H and O–H groups in total. The molecule has 16 bridgehead atoms. The van der Waals surface area contributed by atoms with E-state index >= 15 is 0 Å². The van der Waals surface area contributed by atoms with Crippen LogP contribution in [-0.2, 0) is 85.0 Å². The molecule has 4 aliphatic heterocycles. The molecule has 14 rings (SSSR count). The summed E-state index contributed by atoms with van der Waals surface area (Å²) in [5.41, 5.74) is 34.8. The van der Waals surface area contributed by atoms with E-state index in [-0.39, 0.29) is 39.9 Å². The Morgan fingerprint density at radius 2 is 0.833 bits per heavy atom. The van der Waals surface area contributed by atoms with E-state index < -0.39 is 0 Å². The van der Waals surface area contributed by atoms with E-state index in [4.69, 9.17) is 19.9 Å². The summed E-state index contributed by atoms with van der Waals surface area (Å²) in [6, 6.07) is 57.8. The van der Waals surface area contributed by atoms with E-state index in [0.717, 1.165) is 158 Å². The smallest absolute Gasteiger partial charge is 0.0737 e. The largest absolute Gasteiger partial charge is 0.355 e. The first-order valence-corrected chi connectivity index (χ1v) is 31.9. The summed E-state index contributed by atoms with van der Waals surface area (Å²) in [6.07, 6.45) is 21.9. The Kier molecular flexibility index (Phi) is 19.3. The number of aryl methyl sites for hydroxylation is 7. The minimum Gasteiger partial charge on any atom is -0.355 e. The number of aromatic nitrogens is 8. The maximum absolute atomic E-state index is 5.29. The summed E-state index contributed by atoms with van der Waals surface area (Å²) in [6.45, 7) is 19.3. The molecule has 10 aromatic rings. The predicted molar refractivity (Wildman–Crippen MR) is 374 cm³/mol. The van der Waals surface area contributed by atoms with Crippen LogP contribution in [0.15, 0.2) is 164 Å². The molecule has 10 heteroatoms. The molecule has 10 heterocycles. The van der Waals surface area contributed by atoms with Gasteiger partial charge in [-0.15, -0.1) is 0 Å². The molecule has 90 heavy (non-hydrogen) atoms. The van der Waals surface area contributed by atoms with Gasteiger partial charge in [0.05, 0.1) is 56.6 Å². The summed E-state index contributed by atoms with van der Waals surface area (Å²) in [4.78, 5) is 28.2. The van der Waals surface area contributed by atoms with Gasteiger partial charge in [0.15, 0.2) is 0 Å². The number of hydrogen-bond donors (Lipinski definition) is 2. The summed E-state index contributed by atoms with van der Waals surface area (Å²) >= 11 is 0. The van der Waals surface area contributed by atoms with Gasteiger partial charge in [0.25, 0.3) is 0 Å². The standard InChI is InChI=1S/C44H30N4.C36H46N4.Pd.Zn/c1-5-13-30(14-6-1)41-39-26-25-36(47-39)28-35-22-21-33(45-35)27-34-23-24-37(46-34)29-40-42(31-15-7-2-8-16-31)43(32-17-9-3-10-18-32)44(41)48(40)38-19-11-4-12-20-38;1-9-22-19-25-20-23-17-18-24(37-23)21-32-26(10-2)29(13-5)36(40(32)16-8)31(15-7)35-28(12-4)27(11-3)34(39-35)30(14-6)33(22)38-25;;/h1-29,45H;17-21,39H,9-16H2,1-8H3;;. The summed E-state index contributed by atoms with van der Waals surface area (Å²) in [7, 11) is 0. The summed E-state index contributed by atoms with van der Waals surface area (Å²) in [5, 5.41) is 0. The Morgan fingerprint density at radius 1 is 0.367 bits per heavy atom. The van der Waals surface area contributed by atoms with Gasteiger partial charge in [-0.3, -0.25) is 0 Å². The second kappa shape index (κ2) is 27.6. The number of hydrogen-bond acceptors (Lipinski definition) is 4. The molecule has 0 spiro atoms. The first-order valence-electron chi connectivity index (χ1n) is 31.9. The van der Waals surface area contributed by atoms with E-state index in [1.807, 2.05) is 0 Å². The van der Waals surface area contributed by atoms with Crippen LogP contribution in [0.5, 0.6) is 0 Å². The van der Waals surface area contributed by atoms with Crippen molar-refractivity contribution in [3.63, 3.8) is 0 Å². The van der Waals surface area contributed by atoms with Crippen molar-refractivity contribution in [2.45, 2.75) is 107 Å². The van der Waals surface area contributed by atoms with Crippen molar-refractivity contribution in [1.82, 2.24) is 39.0 Å². The van der Waals surface area contributed by atoms with Crippen molar-refractivity contribution in [2.75, 3.05) is 0 Å². The average Bonchev–Trinajstić information content (AvgIpc) is 1.60. The molecule has 0 unspecified atom stereocenters. The normalized spacial score (nSPS) is 12.1. The maximum Gasteiger partial charge on any atom is 0.0737 e. The third-order valence-corrected chi connectivity index (χ3v) is 17.7. The number of aromatic amines is 2. The van der Waals surface area contributed by atoms with Gasteiger partial charge in [0.1, 0.15) is 0 Å². The molecule has 0 saturated heterocycles. The minimum atomic E-state index is 0. The Morgan fingerprint density at radius 3 is 1.37 bits per heavy atom. The molecule has 0 atom stereocenters. The summed E-state index contributed by atoms with van der Waals surface area (Å²) < 4.78 is 4.97. The van der Waals surface area contributed by atoms with E-state index in [0.29, 0.717) is 0 Å². The van der Waals surface area contributed by atoms with E-state index in [1.165, 1.54) is 61.0 Å². The van der Waals surface area contributed by atoms with Crippen molar-refractivity contribution < 1.29 is 39.9 Å². The van der Waals surface area contributed by atoms with E-state index in [9.17, 15) is 0 Å². The van der Waals surface area contributed by atoms with Crippen molar-refractivity contribution in [2.24, 2.45) is 0 Å². The third kappa shape index (κ3) is 11.8. The zero-order valence-corrected chi connectivity index (χ0v) is 57.5. The van der Waals surface area contributed by atoms with Crippen molar-refractivity contribution in [3.8, 4) is 39.1 Å². The minimum absolute atomic E-state index is 0. The predicted octanol–water partition coefficient (Wildman–Crippen LogP) is 20.4. The van der Waals surface area contributed by atoms with Gasteiger partial charge in [-0.2, -0.15) is 0 Å². The molecule has 0 fully saturated rings. The Hall–Kier alpha value is -8.63. The van der Waals surface area contributed by atoms with Gasteiger partial charge in [-0.25, -0.2) is 19.9 Å². The van der Waals surface area contributed by atoms with Crippen molar-refractivity contribution in [1.29, 1.82) is 0 Å². The Balaban J connectivity index is 0.000000184. The molecular weight excluding hydrogens is 1240 g/mol. The average molecular weight is 1320 g/mol. The van der Waals surface area contributed by atoms with Gasteiger partial charge in [0.2, 0.25) is 0 Å². The zero-order valence-electron chi connectivity index (χ0n) is 53.0. The number of nitrogens with zero attached hydrogens (tertiary/aromatic N) is 6. The van der Waals surface area contributed by atoms with Gasteiger partial charge in [0, 0.05) is 107 Å². The van der Waals surface area contributed by atoms with Gasteiger partial charge in [-0.1, -0.05) is 158 Å². The summed E-state index contributed by atoms with van der Waals surface area (Å²) in [5.74, 6) is 0. The van der Waals surface area contributed by atoms with Crippen LogP contribution in [0.4, 0.5) is 0 Å². The second-order valence-electron chi connectivity index (χ2n) is 22.8. The van der Waals surface area contributed by atoms with Crippen LogP contribution in [-0.4, -0.2) is 39.0 Å². The monoisotopic (exact) mass is 1320 g/mol. The van der Waals surface area contributed by atoms with Crippen LogP contribution in [0.1, 0.15) is 141 Å².